The summed E-state index contributed by atoms with van der Waals surface area (Å²) in [5.74, 6) is 0.0338. The molecule has 0 atom stereocenters. The fourth-order valence-corrected chi connectivity index (χ4v) is 0.341. The van der Waals surface area contributed by atoms with Crippen molar-refractivity contribution in [3.05, 3.63) is 0 Å². The molecule has 0 aliphatic rings. The number of nitrogens with zero attached hydrogens (tertiary/aromatic N) is 1. The highest BCUT2D eigenvalue weighted by Gasteiger charge is 2.22. The van der Waals surface area contributed by atoms with Gasteiger partial charge in [0.2, 0.25) is 6.08 Å². The summed E-state index contributed by atoms with van der Waals surface area (Å²) in [6, 6.07) is 0. The molecule has 0 N–H and O–H groups in total. The Bertz CT molecular complexity index is 178. The number of Topliss-reactive ketones (excluding diaryl/α,β-unsaturated/α-hetero) is 1. The van der Waals surface area contributed by atoms with Crippen molar-refractivity contribution >= 4 is 11.9 Å². The first-order valence-corrected chi connectivity index (χ1v) is 3.05. The van der Waals surface area contributed by atoms with Crippen LogP contribution in [0.15, 0.2) is 4.99 Å². The van der Waals surface area contributed by atoms with Gasteiger partial charge in [-0.15, -0.1) is 0 Å². The number of rotatable bonds is 3. The average molecular weight is 141 g/mol. The molecule has 3 heteroatoms. The monoisotopic (exact) mass is 141 g/mol. The maximum Gasteiger partial charge on any atom is 0.234 e. The lowest BCUT2D eigenvalue weighted by Gasteiger charge is -2.16. The van der Waals surface area contributed by atoms with Gasteiger partial charge in [0.25, 0.3) is 0 Å². The first-order chi connectivity index (χ1) is 4.50. The SMILES string of the molecule is CC(=O)C(C)(C)CN=C=O. The Morgan fingerprint density at radius 1 is 1.60 bits per heavy atom. The predicted octanol–water partition coefficient (Wildman–Crippen LogP) is 0.937. The van der Waals surface area contributed by atoms with Crippen LogP contribution in [0.4, 0.5) is 0 Å². The summed E-state index contributed by atoms with van der Waals surface area (Å²) in [5.41, 5.74) is -0.516. The zero-order chi connectivity index (χ0) is 8.20. The summed E-state index contributed by atoms with van der Waals surface area (Å²) < 4.78 is 0. The van der Waals surface area contributed by atoms with E-state index in [9.17, 15) is 9.59 Å². The summed E-state index contributed by atoms with van der Waals surface area (Å²) in [7, 11) is 0. The van der Waals surface area contributed by atoms with Crippen molar-refractivity contribution in [2.75, 3.05) is 6.54 Å². The topological polar surface area (TPSA) is 46.5 Å². The fraction of sp³-hybridized carbons (Fsp3) is 0.714. The van der Waals surface area contributed by atoms with Gasteiger partial charge in [-0.1, -0.05) is 13.8 Å². The van der Waals surface area contributed by atoms with E-state index in [4.69, 9.17) is 0 Å². The Labute approximate surface area is 60.1 Å². The Balaban J connectivity index is 4.12. The second kappa shape index (κ2) is 3.28. The van der Waals surface area contributed by atoms with E-state index < -0.39 is 5.41 Å². The molecule has 0 unspecified atom stereocenters. The van der Waals surface area contributed by atoms with Gasteiger partial charge in [0.05, 0.1) is 6.54 Å². The van der Waals surface area contributed by atoms with Crippen molar-refractivity contribution in [3.8, 4) is 0 Å². The van der Waals surface area contributed by atoms with Crippen molar-refractivity contribution in [2.45, 2.75) is 20.8 Å². The van der Waals surface area contributed by atoms with E-state index in [1.807, 2.05) is 0 Å². The van der Waals surface area contributed by atoms with Crippen LogP contribution in [0.3, 0.4) is 0 Å². The van der Waals surface area contributed by atoms with Gasteiger partial charge in [-0.3, -0.25) is 4.79 Å². The molecule has 0 fully saturated rings. The zero-order valence-corrected chi connectivity index (χ0v) is 6.47. The predicted molar refractivity (Wildman–Crippen MR) is 37.5 cm³/mol. The van der Waals surface area contributed by atoms with E-state index in [2.05, 4.69) is 4.99 Å². The molecule has 0 heterocycles. The molecule has 0 saturated carbocycles. The smallest absolute Gasteiger partial charge is 0.234 e. The normalized spacial score (nSPS) is 10.3. The fourth-order valence-electron chi connectivity index (χ4n) is 0.341. The van der Waals surface area contributed by atoms with Crippen LogP contribution in [-0.2, 0) is 9.59 Å². The molecule has 0 saturated heterocycles. The van der Waals surface area contributed by atoms with E-state index >= 15 is 0 Å². The molecular weight excluding hydrogens is 130 g/mol. The molecule has 0 radical (unpaired) electrons. The minimum Gasteiger partial charge on any atom is -0.299 e. The molecule has 0 rings (SSSR count). The molecule has 0 spiro atoms. The van der Waals surface area contributed by atoms with Crippen LogP contribution >= 0.6 is 0 Å². The highest BCUT2D eigenvalue weighted by atomic mass is 16.1. The number of ketones is 1. The van der Waals surface area contributed by atoms with Gasteiger partial charge in [-0.25, -0.2) is 9.79 Å². The van der Waals surface area contributed by atoms with Crippen molar-refractivity contribution in [3.63, 3.8) is 0 Å². The van der Waals surface area contributed by atoms with Crippen LogP contribution in [0.1, 0.15) is 20.8 Å². The third kappa shape index (κ3) is 2.55. The first kappa shape index (κ1) is 9.05. The average Bonchev–Trinajstić information content (AvgIpc) is 1.84. The van der Waals surface area contributed by atoms with Crippen LogP contribution in [0.2, 0.25) is 0 Å². The second-order valence-electron chi connectivity index (χ2n) is 2.85. The molecule has 0 aromatic rings. The molecule has 0 aliphatic heterocycles. The van der Waals surface area contributed by atoms with Crippen molar-refractivity contribution in [1.82, 2.24) is 0 Å². The van der Waals surface area contributed by atoms with E-state index in [0.29, 0.717) is 0 Å². The third-order valence-corrected chi connectivity index (χ3v) is 1.49. The lowest BCUT2D eigenvalue weighted by molar-refractivity contribution is -0.124. The van der Waals surface area contributed by atoms with E-state index in [-0.39, 0.29) is 12.3 Å². The summed E-state index contributed by atoms with van der Waals surface area (Å²) >= 11 is 0. The maximum atomic E-state index is 10.8. The molecular formula is C7H11NO2. The molecule has 0 amide bonds. The van der Waals surface area contributed by atoms with Gasteiger partial charge in [0.15, 0.2) is 0 Å². The Morgan fingerprint density at radius 2 is 2.10 bits per heavy atom. The summed E-state index contributed by atoms with van der Waals surface area (Å²) in [6.45, 7) is 5.21. The van der Waals surface area contributed by atoms with Gasteiger partial charge < -0.3 is 0 Å². The molecule has 0 aromatic heterocycles. The summed E-state index contributed by atoms with van der Waals surface area (Å²) in [4.78, 5) is 23.8. The quantitative estimate of drug-likeness (QED) is 0.433. The number of hydrogen-bond acceptors (Lipinski definition) is 3. The number of carbonyl (C=O) groups is 1. The standard InChI is InChI=1S/C7H11NO2/c1-6(10)7(2,3)4-8-5-9/h4H2,1-3H3. The molecule has 56 valence electrons. The number of aliphatic imine (C=N–C) groups is 1. The van der Waals surface area contributed by atoms with Crippen LogP contribution in [0, 0.1) is 5.41 Å². The van der Waals surface area contributed by atoms with Crippen LogP contribution < -0.4 is 0 Å². The molecule has 10 heavy (non-hydrogen) atoms. The Hall–Kier alpha value is -0.950. The summed E-state index contributed by atoms with van der Waals surface area (Å²) in [6.07, 6.45) is 1.40. The molecule has 0 bridgehead atoms. The van der Waals surface area contributed by atoms with Gasteiger partial charge in [0, 0.05) is 5.41 Å². The Morgan fingerprint density at radius 3 is 2.40 bits per heavy atom. The van der Waals surface area contributed by atoms with Crippen LogP contribution in [-0.4, -0.2) is 18.4 Å². The van der Waals surface area contributed by atoms with Crippen molar-refractivity contribution in [2.24, 2.45) is 10.4 Å². The molecule has 0 aliphatic carbocycles. The zero-order valence-electron chi connectivity index (χ0n) is 6.47. The number of carbonyl (C=O) groups excluding carboxylic acids is 2. The van der Waals surface area contributed by atoms with Gasteiger partial charge in [0.1, 0.15) is 5.78 Å². The van der Waals surface area contributed by atoms with Gasteiger partial charge >= 0.3 is 0 Å². The van der Waals surface area contributed by atoms with Gasteiger partial charge in [-0.05, 0) is 6.92 Å². The largest absolute Gasteiger partial charge is 0.299 e. The Kier molecular flexibility index (Phi) is 2.97. The van der Waals surface area contributed by atoms with Crippen molar-refractivity contribution in [1.29, 1.82) is 0 Å². The minimum absolute atomic E-state index is 0.0338. The second-order valence-corrected chi connectivity index (χ2v) is 2.85. The van der Waals surface area contributed by atoms with E-state index in [1.54, 1.807) is 13.8 Å². The summed E-state index contributed by atoms with van der Waals surface area (Å²) in [5, 5.41) is 0. The third-order valence-electron chi connectivity index (χ3n) is 1.49. The molecule has 3 nitrogen and oxygen atoms in total. The molecule has 0 aromatic carbocycles. The number of hydrogen-bond donors (Lipinski definition) is 0. The highest BCUT2D eigenvalue weighted by molar-refractivity contribution is 5.81. The number of isocyanates is 1. The lowest BCUT2D eigenvalue weighted by atomic mass is 9.89. The van der Waals surface area contributed by atoms with E-state index in [0.717, 1.165) is 0 Å². The lowest BCUT2D eigenvalue weighted by Crippen LogP contribution is -2.24. The van der Waals surface area contributed by atoms with E-state index in [1.165, 1.54) is 13.0 Å². The highest BCUT2D eigenvalue weighted by Crippen LogP contribution is 2.15. The van der Waals surface area contributed by atoms with Crippen LogP contribution in [0.25, 0.3) is 0 Å². The maximum absolute atomic E-state index is 10.8. The van der Waals surface area contributed by atoms with Crippen molar-refractivity contribution < 1.29 is 9.59 Å². The first-order valence-electron chi connectivity index (χ1n) is 3.05. The van der Waals surface area contributed by atoms with Crippen LogP contribution in [0.5, 0.6) is 0 Å². The van der Waals surface area contributed by atoms with Gasteiger partial charge in [-0.2, -0.15) is 0 Å². The minimum atomic E-state index is -0.516.